The highest BCUT2D eigenvalue weighted by atomic mass is 35.5. The van der Waals surface area contributed by atoms with Crippen molar-refractivity contribution in [1.82, 2.24) is 10.2 Å². The van der Waals surface area contributed by atoms with Crippen LogP contribution >= 0.6 is 12.4 Å². The molecule has 0 atom stereocenters. The van der Waals surface area contributed by atoms with Crippen molar-refractivity contribution in [2.75, 3.05) is 7.11 Å². The molecule has 5 heteroatoms. The largest absolute Gasteiger partial charge is 0.465 e. The molecular formula is C8H13ClN2O2. The van der Waals surface area contributed by atoms with E-state index in [0.29, 0.717) is 5.56 Å². The minimum atomic E-state index is -0.340. The fraction of sp³-hybridized carbons (Fsp3) is 0.500. The zero-order valence-corrected chi connectivity index (χ0v) is 8.64. The number of aromatic nitrogens is 2. The third kappa shape index (κ3) is 2.45. The number of rotatable bonds is 2. The van der Waals surface area contributed by atoms with Crippen LogP contribution in [-0.4, -0.2) is 23.3 Å². The maximum absolute atomic E-state index is 11.1. The zero-order valence-electron chi connectivity index (χ0n) is 7.83. The number of carbonyl (C=O) groups is 1. The molecule has 0 spiro atoms. The van der Waals surface area contributed by atoms with Gasteiger partial charge < -0.3 is 4.74 Å². The summed E-state index contributed by atoms with van der Waals surface area (Å²) in [6.07, 6.45) is 1.49. The Morgan fingerprint density at radius 2 is 2.23 bits per heavy atom. The van der Waals surface area contributed by atoms with Gasteiger partial charge in [0.1, 0.15) is 5.56 Å². The first-order chi connectivity index (χ1) is 5.66. The predicted octanol–water partition coefficient (Wildman–Crippen LogP) is 1.74. The Kier molecular flexibility index (Phi) is 4.48. The highest BCUT2D eigenvalue weighted by Crippen LogP contribution is 2.16. The summed E-state index contributed by atoms with van der Waals surface area (Å²) in [5, 5.41) is 6.56. The van der Waals surface area contributed by atoms with E-state index in [1.165, 1.54) is 13.3 Å². The van der Waals surface area contributed by atoms with Crippen molar-refractivity contribution in [1.29, 1.82) is 0 Å². The Morgan fingerprint density at radius 3 is 2.69 bits per heavy atom. The van der Waals surface area contributed by atoms with Crippen molar-refractivity contribution in [3.05, 3.63) is 17.5 Å². The Morgan fingerprint density at radius 1 is 1.62 bits per heavy atom. The second kappa shape index (κ2) is 4.87. The van der Waals surface area contributed by atoms with Gasteiger partial charge in [0.15, 0.2) is 0 Å². The van der Waals surface area contributed by atoms with Crippen LogP contribution in [0.4, 0.5) is 0 Å². The second-order valence-corrected chi connectivity index (χ2v) is 2.84. The quantitative estimate of drug-likeness (QED) is 0.747. The van der Waals surface area contributed by atoms with Crippen LogP contribution in [0.3, 0.4) is 0 Å². The predicted molar refractivity (Wildman–Crippen MR) is 51.3 cm³/mol. The van der Waals surface area contributed by atoms with E-state index in [9.17, 15) is 4.79 Å². The molecule has 1 heterocycles. The Balaban J connectivity index is 0.00000144. The molecule has 0 aliphatic rings. The van der Waals surface area contributed by atoms with Gasteiger partial charge in [-0.1, -0.05) is 13.8 Å². The average molecular weight is 205 g/mol. The molecule has 0 fully saturated rings. The van der Waals surface area contributed by atoms with Gasteiger partial charge in [-0.25, -0.2) is 4.79 Å². The average Bonchev–Trinajstić information content (AvgIpc) is 2.50. The summed E-state index contributed by atoms with van der Waals surface area (Å²) in [6, 6.07) is 0. The summed E-state index contributed by atoms with van der Waals surface area (Å²) in [5.74, 6) is -0.0888. The first-order valence-electron chi connectivity index (χ1n) is 3.78. The molecule has 0 aliphatic heterocycles. The van der Waals surface area contributed by atoms with Gasteiger partial charge in [0.2, 0.25) is 0 Å². The molecule has 4 nitrogen and oxygen atoms in total. The van der Waals surface area contributed by atoms with Crippen molar-refractivity contribution in [2.24, 2.45) is 0 Å². The van der Waals surface area contributed by atoms with Crippen LogP contribution < -0.4 is 0 Å². The first kappa shape index (κ1) is 12.0. The lowest BCUT2D eigenvalue weighted by atomic mass is 10.1. The lowest BCUT2D eigenvalue weighted by Gasteiger charge is -2.03. The molecule has 0 bridgehead atoms. The van der Waals surface area contributed by atoms with E-state index in [1.54, 1.807) is 0 Å². The summed E-state index contributed by atoms with van der Waals surface area (Å²) in [4.78, 5) is 11.1. The Bertz CT molecular complexity index is 283. The van der Waals surface area contributed by atoms with Crippen LogP contribution in [0.5, 0.6) is 0 Å². The number of aromatic amines is 1. The van der Waals surface area contributed by atoms with Gasteiger partial charge in [-0.05, 0) is 5.92 Å². The minimum Gasteiger partial charge on any atom is -0.465 e. The minimum absolute atomic E-state index is 0. The zero-order chi connectivity index (χ0) is 9.14. The van der Waals surface area contributed by atoms with Crippen LogP contribution in [0.1, 0.15) is 35.8 Å². The van der Waals surface area contributed by atoms with Crippen LogP contribution in [-0.2, 0) is 4.74 Å². The third-order valence-electron chi connectivity index (χ3n) is 1.65. The Hall–Kier alpha value is -1.03. The van der Waals surface area contributed by atoms with Gasteiger partial charge in [0, 0.05) is 0 Å². The third-order valence-corrected chi connectivity index (χ3v) is 1.65. The topological polar surface area (TPSA) is 55.0 Å². The van der Waals surface area contributed by atoms with Gasteiger partial charge in [-0.2, -0.15) is 5.10 Å². The summed E-state index contributed by atoms with van der Waals surface area (Å²) in [7, 11) is 1.36. The van der Waals surface area contributed by atoms with E-state index in [4.69, 9.17) is 0 Å². The number of carbonyl (C=O) groups excluding carboxylic acids is 1. The van der Waals surface area contributed by atoms with Gasteiger partial charge in [0.25, 0.3) is 0 Å². The van der Waals surface area contributed by atoms with E-state index < -0.39 is 0 Å². The number of ether oxygens (including phenoxy) is 1. The highest BCUT2D eigenvalue weighted by Gasteiger charge is 2.15. The first-order valence-corrected chi connectivity index (χ1v) is 3.78. The van der Waals surface area contributed by atoms with Crippen LogP contribution in [0, 0.1) is 0 Å². The van der Waals surface area contributed by atoms with Crippen LogP contribution in [0.15, 0.2) is 6.20 Å². The van der Waals surface area contributed by atoms with Crippen molar-refractivity contribution >= 4 is 18.4 Å². The van der Waals surface area contributed by atoms with E-state index in [-0.39, 0.29) is 24.3 Å². The maximum Gasteiger partial charge on any atom is 0.341 e. The molecule has 0 saturated heterocycles. The van der Waals surface area contributed by atoms with Crippen molar-refractivity contribution in [3.8, 4) is 0 Å². The molecule has 0 unspecified atom stereocenters. The second-order valence-electron chi connectivity index (χ2n) is 2.84. The molecule has 1 aromatic heterocycles. The number of halogens is 1. The normalized spacial score (nSPS) is 9.54. The molecule has 74 valence electrons. The van der Waals surface area contributed by atoms with Gasteiger partial charge >= 0.3 is 5.97 Å². The van der Waals surface area contributed by atoms with Gasteiger partial charge in [-0.3, -0.25) is 5.10 Å². The molecule has 0 radical (unpaired) electrons. The number of hydrogen-bond acceptors (Lipinski definition) is 3. The standard InChI is InChI=1S/C8H12N2O2.ClH/c1-5(2)7-6(4-9-10-7)8(11)12-3;/h4-5H,1-3H3,(H,9,10);1H. The lowest BCUT2D eigenvalue weighted by molar-refractivity contribution is 0.0599. The molecule has 0 saturated carbocycles. The number of nitrogens with one attached hydrogen (secondary N) is 1. The van der Waals surface area contributed by atoms with Crippen LogP contribution in [0.2, 0.25) is 0 Å². The van der Waals surface area contributed by atoms with E-state index in [0.717, 1.165) is 5.69 Å². The number of methoxy groups -OCH3 is 1. The van der Waals surface area contributed by atoms with Crippen molar-refractivity contribution in [3.63, 3.8) is 0 Å². The molecule has 1 rings (SSSR count). The Labute approximate surface area is 83.1 Å². The van der Waals surface area contributed by atoms with Crippen LogP contribution in [0.25, 0.3) is 0 Å². The number of nitrogens with zero attached hydrogens (tertiary/aromatic N) is 1. The maximum atomic E-state index is 11.1. The monoisotopic (exact) mass is 204 g/mol. The molecule has 0 amide bonds. The van der Waals surface area contributed by atoms with E-state index in [1.807, 2.05) is 13.8 Å². The smallest absolute Gasteiger partial charge is 0.341 e. The van der Waals surface area contributed by atoms with Crippen molar-refractivity contribution < 1.29 is 9.53 Å². The fourth-order valence-corrected chi connectivity index (χ4v) is 1.01. The summed E-state index contributed by atoms with van der Waals surface area (Å²) < 4.78 is 4.59. The fourth-order valence-electron chi connectivity index (χ4n) is 1.01. The van der Waals surface area contributed by atoms with E-state index in [2.05, 4.69) is 14.9 Å². The molecule has 0 aromatic carbocycles. The van der Waals surface area contributed by atoms with Crippen molar-refractivity contribution in [2.45, 2.75) is 19.8 Å². The molecule has 1 N–H and O–H groups in total. The molecular weight excluding hydrogens is 192 g/mol. The number of H-pyrrole nitrogens is 1. The molecule has 1 aromatic rings. The molecule has 0 aliphatic carbocycles. The summed E-state index contributed by atoms with van der Waals surface area (Å²) in [5.41, 5.74) is 1.34. The molecule has 13 heavy (non-hydrogen) atoms. The summed E-state index contributed by atoms with van der Waals surface area (Å²) in [6.45, 7) is 3.97. The number of esters is 1. The number of hydrogen-bond donors (Lipinski definition) is 1. The summed E-state index contributed by atoms with van der Waals surface area (Å²) >= 11 is 0. The lowest BCUT2D eigenvalue weighted by Crippen LogP contribution is -2.04. The highest BCUT2D eigenvalue weighted by molar-refractivity contribution is 5.90. The van der Waals surface area contributed by atoms with Gasteiger partial charge in [0.05, 0.1) is 19.0 Å². The van der Waals surface area contributed by atoms with E-state index >= 15 is 0 Å². The SMILES string of the molecule is COC(=O)c1cn[nH]c1C(C)C.Cl. The van der Waals surface area contributed by atoms with Gasteiger partial charge in [-0.15, -0.1) is 12.4 Å².